The summed E-state index contributed by atoms with van der Waals surface area (Å²) in [6.45, 7) is 5.46. The van der Waals surface area contributed by atoms with Crippen LogP contribution >= 0.6 is 0 Å². The number of carboxylic acids is 1. The van der Waals surface area contributed by atoms with Crippen molar-refractivity contribution in [1.29, 1.82) is 0 Å². The molecule has 0 aromatic heterocycles. The zero-order chi connectivity index (χ0) is 12.5. The average molecular weight is 228 g/mol. The Morgan fingerprint density at radius 1 is 1.25 bits per heavy atom. The highest BCUT2D eigenvalue weighted by atomic mass is 19.3. The molecule has 0 aliphatic carbocycles. The summed E-state index contributed by atoms with van der Waals surface area (Å²) in [6.07, 6.45) is -0.755. The Labute approximate surface area is 92.9 Å². The Morgan fingerprint density at radius 3 is 2.31 bits per heavy atom. The smallest absolute Gasteiger partial charge is 0.374 e. The largest absolute Gasteiger partial charge is 0.477 e. The standard InChI is InChI=1S/C12H14F2O2/c1-7-4-5-10(9(3)8(7)2)6-12(13,14)11(15)16/h4-5H,6H2,1-3H3,(H,15,16). The highest BCUT2D eigenvalue weighted by molar-refractivity contribution is 5.75. The normalized spacial score (nSPS) is 11.6. The topological polar surface area (TPSA) is 37.3 Å². The summed E-state index contributed by atoms with van der Waals surface area (Å²) >= 11 is 0. The molecule has 0 unspecified atom stereocenters. The third kappa shape index (κ3) is 2.38. The molecular formula is C12H14F2O2. The predicted molar refractivity (Wildman–Crippen MR) is 56.9 cm³/mol. The van der Waals surface area contributed by atoms with E-state index in [2.05, 4.69) is 0 Å². The second kappa shape index (κ2) is 4.20. The van der Waals surface area contributed by atoms with E-state index in [-0.39, 0.29) is 0 Å². The molecule has 0 aliphatic heterocycles. The molecule has 0 bridgehead atoms. The Balaban J connectivity index is 3.08. The molecule has 0 saturated carbocycles. The Morgan fingerprint density at radius 2 is 1.81 bits per heavy atom. The van der Waals surface area contributed by atoms with Crippen LogP contribution in [-0.2, 0) is 11.2 Å². The van der Waals surface area contributed by atoms with Gasteiger partial charge in [-0.05, 0) is 43.0 Å². The maximum absolute atomic E-state index is 13.0. The lowest BCUT2D eigenvalue weighted by molar-refractivity contribution is -0.164. The number of aliphatic carboxylic acids is 1. The quantitative estimate of drug-likeness (QED) is 0.863. The number of rotatable bonds is 3. The van der Waals surface area contributed by atoms with Gasteiger partial charge in [0.1, 0.15) is 0 Å². The molecule has 0 aliphatic rings. The second-order valence-electron chi connectivity index (χ2n) is 3.98. The molecule has 1 aromatic rings. The first-order valence-corrected chi connectivity index (χ1v) is 4.92. The van der Waals surface area contributed by atoms with E-state index < -0.39 is 18.3 Å². The van der Waals surface area contributed by atoms with Gasteiger partial charge < -0.3 is 5.11 Å². The molecule has 0 atom stereocenters. The lowest BCUT2D eigenvalue weighted by Crippen LogP contribution is -2.31. The van der Waals surface area contributed by atoms with E-state index in [0.717, 1.165) is 16.7 Å². The molecule has 4 heteroatoms. The van der Waals surface area contributed by atoms with Crippen LogP contribution in [0, 0.1) is 20.8 Å². The number of halogens is 2. The van der Waals surface area contributed by atoms with E-state index in [9.17, 15) is 13.6 Å². The highest BCUT2D eigenvalue weighted by Crippen LogP contribution is 2.25. The predicted octanol–water partition coefficient (Wildman–Crippen LogP) is 2.87. The van der Waals surface area contributed by atoms with Crippen molar-refractivity contribution in [3.63, 3.8) is 0 Å². The van der Waals surface area contributed by atoms with Crippen LogP contribution in [0.5, 0.6) is 0 Å². The van der Waals surface area contributed by atoms with E-state index >= 15 is 0 Å². The van der Waals surface area contributed by atoms with E-state index in [1.807, 2.05) is 13.8 Å². The maximum Gasteiger partial charge on any atom is 0.374 e. The third-order valence-electron chi connectivity index (χ3n) is 2.90. The van der Waals surface area contributed by atoms with Crippen molar-refractivity contribution < 1.29 is 18.7 Å². The molecule has 2 nitrogen and oxygen atoms in total. The van der Waals surface area contributed by atoms with Crippen LogP contribution in [-0.4, -0.2) is 17.0 Å². The first-order valence-electron chi connectivity index (χ1n) is 4.92. The summed E-state index contributed by atoms with van der Waals surface area (Å²) < 4.78 is 26.1. The SMILES string of the molecule is Cc1ccc(CC(F)(F)C(=O)O)c(C)c1C. The molecule has 16 heavy (non-hydrogen) atoms. The summed E-state index contributed by atoms with van der Waals surface area (Å²) in [6, 6.07) is 3.30. The van der Waals surface area contributed by atoms with Gasteiger partial charge in [0.25, 0.3) is 0 Å². The summed E-state index contributed by atoms with van der Waals surface area (Å²) in [4.78, 5) is 10.3. The fourth-order valence-corrected chi connectivity index (χ4v) is 1.52. The Bertz CT molecular complexity index is 425. The van der Waals surface area contributed by atoms with Crippen LogP contribution < -0.4 is 0 Å². The molecule has 0 amide bonds. The molecule has 0 heterocycles. The minimum absolute atomic E-state index is 0.385. The third-order valence-corrected chi connectivity index (χ3v) is 2.90. The Kier molecular flexibility index (Phi) is 3.31. The van der Waals surface area contributed by atoms with Crippen LogP contribution in [0.25, 0.3) is 0 Å². The number of benzene rings is 1. The van der Waals surface area contributed by atoms with Crippen LogP contribution in [0.1, 0.15) is 22.3 Å². The van der Waals surface area contributed by atoms with Crippen LogP contribution in [0.4, 0.5) is 8.78 Å². The molecule has 0 radical (unpaired) electrons. The number of hydrogen-bond donors (Lipinski definition) is 1. The van der Waals surface area contributed by atoms with Crippen molar-refractivity contribution in [2.45, 2.75) is 33.1 Å². The summed E-state index contributed by atoms with van der Waals surface area (Å²) in [5, 5.41) is 8.37. The first kappa shape index (κ1) is 12.6. The van der Waals surface area contributed by atoms with E-state index in [1.54, 1.807) is 19.1 Å². The molecule has 1 N–H and O–H groups in total. The molecule has 0 saturated heterocycles. The highest BCUT2D eigenvalue weighted by Gasteiger charge is 2.39. The van der Waals surface area contributed by atoms with Gasteiger partial charge >= 0.3 is 11.9 Å². The fourth-order valence-electron chi connectivity index (χ4n) is 1.52. The molecule has 0 fully saturated rings. The van der Waals surface area contributed by atoms with Crippen LogP contribution in [0.2, 0.25) is 0 Å². The maximum atomic E-state index is 13.0. The molecule has 1 rings (SSSR count). The molecular weight excluding hydrogens is 214 g/mol. The van der Waals surface area contributed by atoms with Gasteiger partial charge in [0.15, 0.2) is 0 Å². The summed E-state index contributed by atoms with van der Waals surface area (Å²) in [7, 11) is 0. The zero-order valence-corrected chi connectivity index (χ0v) is 9.47. The number of carboxylic acid groups (broad SMARTS) is 1. The van der Waals surface area contributed by atoms with Gasteiger partial charge in [0, 0.05) is 6.42 Å². The first-order chi connectivity index (χ1) is 7.25. The van der Waals surface area contributed by atoms with Gasteiger partial charge in [0.2, 0.25) is 0 Å². The number of carbonyl (C=O) groups is 1. The van der Waals surface area contributed by atoms with Crippen molar-refractivity contribution in [1.82, 2.24) is 0 Å². The van der Waals surface area contributed by atoms with Crippen molar-refractivity contribution in [3.8, 4) is 0 Å². The second-order valence-corrected chi connectivity index (χ2v) is 3.98. The number of aryl methyl sites for hydroxylation is 1. The van der Waals surface area contributed by atoms with Gasteiger partial charge in [0.05, 0.1) is 0 Å². The van der Waals surface area contributed by atoms with Gasteiger partial charge in [-0.15, -0.1) is 0 Å². The molecule has 88 valence electrons. The van der Waals surface area contributed by atoms with Gasteiger partial charge in [-0.25, -0.2) is 4.79 Å². The monoisotopic (exact) mass is 228 g/mol. The zero-order valence-electron chi connectivity index (χ0n) is 9.47. The molecule has 0 spiro atoms. The van der Waals surface area contributed by atoms with E-state index in [0.29, 0.717) is 5.56 Å². The lowest BCUT2D eigenvalue weighted by atomic mass is 9.95. The van der Waals surface area contributed by atoms with Crippen molar-refractivity contribution in [3.05, 3.63) is 34.4 Å². The lowest BCUT2D eigenvalue weighted by Gasteiger charge is -2.15. The Hall–Kier alpha value is -1.45. The summed E-state index contributed by atoms with van der Waals surface area (Å²) in [5.74, 6) is -5.78. The summed E-state index contributed by atoms with van der Waals surface area (Å²) in [5.41, 5.74) is 3.06. The minimum Gasteiger partial charge on any atom is -0.477 e. The number of alkyl halides is 2. The van der Waals surface area contributed by atoms with Crippen molar-refractivity contribution >= 4 is 5.97 Å². The van der Waals surface area contributed by atoms with Crippen molar-refractivity contribution in [2.24, 2.45) is 0 Å². The number of hydrogen-bond acceptors (Lipinski definition) is 1. The van der Waals surface area contributed by atoms with Crippen LogP contribution in [0.3, 0.4) is 0 Å². The fraction of sp³-hybridized carbons (Fsp3) is 0.417. The van der Waals surface area contributed by atoms with E-state index in [1.165, 1.54) is 0 Å². The van der Waals surface area contributed by atoms with Crippen LogP contribution in [0.15, 0.2) is 12.1 Å². The molecule has 1 aromatic carbocycles. The van der Waals surface area contributed by atoms with E-state index in [4.69, 9.17) is 5.11 Å². The minimum atomic E-state index is -3.70. The van der Waals surface area contributed by atoms with Gasteiger partial charge in [-0.2, -0.15) is 8.78 Å². The van der Waals surface area contributed by atoms with Crippen molar-refractivity contribution in [2.75, 3.05) is 0 Å². The van der Waals surface area contributed by atoms with Gasteiger partial charge in [-0.1, -0.05) is 12.1 Å². The average Bonchev–Trinajstić information content (AvgIpc) is 2.19. The van der Waals surface area contributed by atoms with Gasteiger partial charge in [-0.3, -0.25) is 0 Å².